The van der Waals surface area contributed by atoms with Gasteiger partial charge in [0.05, 0.1) is 0 Å². The van der Waals surface area contributed by atoms with E-state index in [1.54, 1.807) is 8.87 Å². The van der Waals surface area contributed by atoms with Crippen LogP contribution < -0.4 is 0 Å². The van der Waals surface area contributed by atoms with Gasteiger partial charge in [0.25, 0.3) is 0 Å². The number of hydrogen-bond acceptors (Lipinski definition) is 2. The Hall–Kier alpha value is 1.50. The third-order valence-electron chi connectivity index (χ3n) is 1.41. The van der Waals surface area contributed by atoms with Crippen LogP contribution in [-0.4, -0.2) is 21.1 Å². The molecule has 0 heterocycles. The molecule has 68 valence electrons. The molecule has 0 radical (unpaired) electrons. The number of unbranched alkanes of at least 4 members (excludes halogenated alkanes) is 2. The first-order valence-corrected chi connectivity index (χ1v) is 8.16. The van der Waals surface area contributed by atoms with Crippen molar-refractivity contribution < 1.29 is 0 Å². The molecule has 0 amide bonds. The van der Waals surface area contributed by atoms with Crippen molar-refractivity contribution in [2.24, 2.45) is 0 Å². The molecular weight excluding hydrogens is 279 g/mol. The molecule has 0 rings (SSSR count). The van der Waals surface area contributed by atoms with Gasteiger partial charge in [-0.05, 0) is 0 Å². The average molecular weight is 299 g/mol. The third-order valence-corrected chi connectivity index (χ3v) is 5.45. The monoisotopic (exact) mass is 300 g/mol. The van der Waals surface area contributed by atoms with Crippen LogP contribution in [-0.2, 0) is 27.0 Å². The van der Waals surface area contributed by atoms with Crippen molar-refractivity contribution >= 4 is 48.1 Å². The molecule has 0 atom stereocenters. The van der Waals surface area contributed by atoms with Crippen LogP contribution in [0.3, 0.4) is 0 Å². The van der Waals surface area contributed by atoms with E-state index in [0.29, 0.717) is 0 Å². The molecule has 0 aromatic heterocycles. The van der Waals surface area contributed by atoms with Gasteiger partial charge in [-0.1, -0.05) is 0 Å². The zero-order chi connectivity index (χ0) is 6.95. The zero-order valence-corrected chi connectivity index (χ0v) is 12.3. The Morgan fingerprint density at radius 2 is 1.18 bits per heavy atom. The molecule has 0 bridgehead atoms. The maximum absolute atomic E-state index is 2.29. The van der Waals surface area contributed by atoms with Gasteiger partial charge < -0.3 is 27.0 Å². The van der Waals surface area contributed by atoms with Gasteiger partial charge in [-0.2, -0.15) is 0 Å². The van der Waals surface area contributed by atoms with E-state index in [2.05, 4.69) is 13.8 Å². The molecule has 0 aliphatic rings. The maximum Gasteiger partial charge on any atom is -0.813 e. The molecule has 3 heteroatoms. The fraction of sp³-hybridized carbons (Fsp3) is 1.00. The fourth-order valence-electron chi connectivity index (χ4n) is 0.729. The van der Waals surface area contributed by atoms with Crippen LogP contribution in [0.4, 0.5) is 0 Å². The van der Waals surface area contributed by atoms with E-state index in [4.69, 9.17) is 0 Å². The summed E-state index contributed by atoms with van der Waals surface area (Å²) >= 11 is 0.149. The summed E-state index contributed by atoms with van der Waals surface area (Å²) in [7, 11) is 0. The largest absolute Gasteiger partial charge is 0.813 e. The van der Waals surface area contributed by atoms with Crippen LogP contribution in [0.15, 0.2) is 0 Å². The minimum Gasteiger partial charge on any atom is -0.813 e. The van der Waals surface area contributed by atoms with Gasteiger partial charge >= 0.3 is 69.5 Å². The van der Waals surface area contributed by atoms with Crippen molar-refractivity contribution in [3.63, 3.8) is 0 Å². The van der Waals surface area contributed by atoms with Crippen LogP contribution >= 0.6 is 0 Å². The fourth-order valence-corrected chi connectivity index (χ4v) is 4.89. The maximum atomic E-state index is 2.29. The molecule has 11 heavy (non-hydrogen) atoms. The molecule has 0 spiro atoms. The molecule has 0 fully saturated rings. The van der Waals surface area contributed by atoms with Crippen molar-refractivity contribution in [2.45, 2.75) is 48.4 Å². The second-order valence-corrected chi connectivity index (χ2v) is 6.74. The van der Waals surface area contributed by atoms with Crippen LogP contribution in [0.25, 0.3) is 0 Å². The number of thiol groups is 2. The molecule has 0 N–H and O–H groups in total. The first-order chi connectivity index (χ1) is 4.41. The van der Waals surface area contributed by atoms with Crippen molar-refractivity contribution in [1.29, 1.82) is 0 Å². The third kappa shape index (κ3) is 18.5. The first-order valence-electron chi connectivity index (χ1n) is 4.12. The first kappa shape index (κ1) is 18.3. The standard InChI is InChI=1S/2C4H9.2H2S.Sn/c2*1-3-4-2;;;/h2*1,3-4H2,2H3;2*1H2;/q;;;;+2/p-2. The van der Waals surface area contributed by atoms with E-state index < -0.39 is 0 Å². The molecule has 0 unspecified atom stereocenters. The Labute approximate surface area is 96.0 Å². The van der Waals surface area contributed by atoms with Crippen molar-refractivity contribution in [3.05, 3.63) is 0 Å². The molecule has 0 saturated heterocycles. The van der Waals surface area contributed by atoms with E-state index in [9.17, 15) is 0 Å². The minimum absolute atomic E-state index is 0. The van der Waals surface area contributed by atoms with Crippen LogP contribution in [0, 0.1) is 0 Å². The molecule has 0 saturated carbocycles. The Kier molecular flexibility index (Phi) is 29.2. The molecule has 0 aliphatic carbocycles. The van der Waals surface area contributed by atoms with Gasteiger partial charge in [-0.15, -0.1) is 0 Å². The van der Waals surface area contributed by atoms with Gasteiger partial charge in [-0.25, -0.2) is 0 Å². The summed E-state index contributed by atoms with van der Waals surface area (Å²) in [6, 6.07) is 0. The zero-order valence-electron chi connectivity index (χ0n) is 7.64. The predicted molar refractivity (Wildman–Crippen MR) is 62.7 cm³/mol. The van der Waals surface area contributed by atoms with Crippen LogP contribution in [0.5, 0.6) is 0 Å². The molecule has 0 aromatic carbocycles. The molecular formula is C8H20S2Sn. The second kappa shape index (κ2) is 17.5. The molecule has 0 nitrogen and oxygen atoms in total. The SMILES string of the molecule is CCC[CH2][Sn+2][CH2]CCC.[SH-].[SH-]. The van der Waals surface area contributed by atoms with E-state index in [1.807, 2.05) is 0 Å². The van der Waals surface area contributed by atoms with E-state index >= 15 is 0 Å². The van der Waals surface area contributed by atoms with E-state index in [1.165, 1.54) is 25.7 Å². The van der Waals surface area contributed by atoms with Gasteiger partial charge in [0.2, 0.25) is 0 Å². The number of rotatable bonds is 6. The number of hydrogen-bond donors (Lipinski definition) is 0. The Morgan fingerprint density at radius 1 is 0.818 bits per heavy atom. The average Bonchev–Trinajstić information content (AvgIpc) is 1.89. The van der Waals surface area contributed by atoms with Crippen molar-refractivity contribution in [3.8, 4) is 0 Å². The summed E-state index contributed by atoms with van der Waals surface area (Å²) in [6.07, 6.45) is 5.84. The normalized spacial score (nSPS) is 7.45. The summed E-state index contributed by atoms with van der Waals surface area (Å²) in [5.74, 6) is 0. The Morgan fingerprint density at radius 3 is 1.45 bits per heavy atom. The van der Waals surface area contributed by atoms with Crippen molar-refractivity contribution in [1.82, 2.24) is 0 Å². The quantitative estimate of drug-likeness (QED) is 0.320. The van der Waals surface area contributed by atoms with Crippen molar-refractivity contribution in [2.75, 3.05) is 0 Å². The molecule has 0 aromatic rings. The van der Waals surface area contributed by atoms with Gasteiger partial charge in [0.15, 0.2) is 0 Å². The Bertz CT molecular complexity index is 45.4. The topological polar surface area (TPSA) is 0 Å². The minimum atomic E-state index is 0. The summed E-state index contributed by atoms with van der Waals surface area (Å²) < 4.78 is 3.25. The summed E-state index contributed by atoms with van der Waals surface area (Å²) in [6.45, 7) is 4.58. The summed E-state index contributed by atoms with van der Waals surface area (Å²) in [5, 5.41) is 0. The predicted octanol–water partition coefficient (Wildman–Crippen LogP) is 2.59. The van der Waals surface area contributed by atoms with Gasteiger partial charge in [0.1, 0.15) is 0 Å². The van der Waals surface area contributed by atoms with E-state index in [0.717, 1.165) is 0 Å². The second-order valence-electron chi connectivity index (χ2n) is 2.46. The van der Waals surface area contributed by atoms with Gasteiger partial charge in [-0.3, -0.25) is 0 Å². The smallest absolute Gasteiger partial charge is 0.813 e. The molecule has 0 aliphatic heterocycles. The summed E-state index contributed by atoms with van der Waals surface area (Å²) in [4.78, 5) is 0. The summed E-state index contributed by atoms with van der Waals surface area (Å²) in [5.41, 5.74) is 0. The van der Waals surface area contributed by atoms with Crippen LogP contribution in [0.1, 0.15) is 39.5 Å². The van der Waals surface area contributed by atoms with Gasteiger partial charge in [0, 0.05) is 0 Å². The van der Waals surface area contributed by atoms with E-state index in [-0.39, 0.29) is 48.1 Å². The van der Waals surface area contributed by atoms with Crippen LogP contribution in [0.2, 0.25) is 8.87 Å². The Balaban J connectivity index is -0.000000320.